The lowest BCUT2D eigenvalue weighted by Gasteiger charge is -2.20. The van der Waals surface area contributed by atoms with Crippen molar-refractivity contribution in [2.75, 3.05) is 11.4 Å². The maximum absolute atomic E-state index is 13.9. The maximum atomic E-state index is 13.9. The van der Waals surface area contributed by atoms with E-state index < -0.39 is 5.82 Å². The van der Waals surface area contributed by atoms with Gasteiger partial charge in [-0.25, -0.2) is 14.4 Å². The molecular weight excluding hydrogens is 403 g/mol. The number of H-pyrrole nitrogens is 1. The molecule has 0 atom stereocenters. The van der Waals surface area contributed by atoms with E-state index >= 15 is 0 Å². The van der Waals surface area contributed by atoms with Gasteiger partial charge in [-0.3, -0.25) is 10.1 Å². The first-order valence-corrected chi connectivity index (χ1v) is 9.85. The molecule has 30 heavy (non-hydrogen) atoms. The maximum Gasteiger partial charge on any atom is 0.144 e. The fourth-order valence-electron chi connectivity index (χ4n) is 4.03. The van der Waals surface area contributed by atoms with Crippen molar-refractivity contribution in [1.29, 1.82) is 0 Å². The molecule has 6 rings (SSSR count). The highest BCUT2D eigenvalue weighted by Gasteiger charge is 2.25. The zero-order valence-corrected chi connectivity index (χ0v) is 16.4. The molecule has 0 amide bonds. The number of pyridine rings is 1. The summed E-state index contributed by atoms with van der Waals surface area (Å²) in [5.41, 5.74) is 6.31. The van der Waals surface area contributed by atoms with Crippen LogP contribution in [0.25, 0.3) is 33.1 Å². The predicted octanol–water partition coefficient (Wildman–Crippen LogP) is 5.05. The Kier molecular flexibility index (Phi) is 3.73. The van der Waals surface area contributed by atoms with E-state index in [4.69, 9.17) is 11.6 Å². The molecule has 1 N–H and O–H groups in total. The van der Waals surface area contributed by atoms with E-state index in [1.807, 2.05) is 24.4 Å². The van der Waals surface area contributed by atoms with E-state index in [2.05, 4.69) is 36.1 Å². The smallest absolute Gasteiger partial charge is 0.144 e. The molecule has 6 nitrogen and oxygen atoms in total. The number of aromatic amines is 1. The van der Waals surface area contributed by atoms with Gasteiger partial charge in [0.05, 0.1) is 22.3 Å². The summed E-state index contributed by atoms with van der Waals surface area (Å²) >= 11 is 6.06. The SMILES string of the molecule is Fc1cc2c(cc1Cl)N(c1ncnc3ccc(-c4cnc5cn[nH]c5c4)cc13)CC2. The highest BCUT2D eigenvalue weighted by Crippen LogP contribution is 2.39. The number of hydrogen-bond acceptors (Lipinski definition) is 5. The summed E-state index contributed by atoms with van der Waals surface area (Å²) in [5.74, 6) is 0.382. The summed E-state index contributed by atoms with van der Waals surface area (Å²) < 4.78 is 13.9. The lowest BCUT2D eigenvalue weighted by atomic mass is 10.0. The first kappa shape index (κ1) is 17.3. The fraction of sp³-hybridized carbons (Fsp3) is 0.0909. The number of nitrogens with zero attached hydrogens (tertiary/aromatic N) is 5. The Labute approximate surface area is 175 Å². The van der Waals surface area contributed by atoms with E-state index in [1.165, 1.54) is 6.07 Å². The molecule has 8 heteroatoms. The van der Waals surface area contributed by atoms with Crippen LogP contribution in [0.15, 0.2) is 55.1 Å². The van der Waals surface area contributed by atoms with Gasteiger partial charge in [-0.2, -0.15) is 5.10 Å². The molecule has 0 radical (unpaired) electrons. The van der Waals surface area contributed by atoms with Gasteiger partial charge >= 0.3 is 0 Å². The topological polar surface area (TPSA) is 70.6 Å². The molecule has 0 saturated carbocycles. The monoisotopic (exact) mass is 416 g/mol. The quantitative estimate of drug-likeness (QED) is 0.435. The minimum atomic E-state index is -0.395. The van der Waals surface area contributed by atoms with Crippen molar-refractivity contribution in [3.63, 3.8) is 0 Å². The third-order valence-corrected chi connectivity index (χ3v) is 5.80. The second-order valence-corrected chi connectivity index (χ2v) is 7.66. The van der Waals surface area contributed by atoms with Crippen molar-refractivity contribution in [3.05, 3.63) is 71.5 Å². The molecule has 2 aromatic carbocycles. The van der Waals surface area contributed by atoms with Gasteiger partial charge in [0.1, 0.15) is 23.5 Å². The minimum absolute atomic E-state index is 0.110. The first-order chi connectivity index (χ1) is 14.7. The first-order valence-electron chi connectivity index (χ1n) is 9.47. The number of fused-ring (bicyclic) bond motifs is 3. The van der Waals surface area contributed by atoms with Gasteiger partial charge in [-0.1, -0.05) is 17.7 Å². The van der Waals surface area contributed by atoms with Crippen LogP contribution in [0.3, 0.4) is 0 Å². The average Bonchev–Trinajstić information content (AvgIpc) is 3.39. The van der Waals surface area contributed by atoms with Gasteiger partial charge in [-0.15, -0.1) is 0 Å². The zero-order valence-electron chi connectivity index (χ0n) is 15.6. The number of rotatable bonds is 2. The van der Waals surface area contributed by atoms with Gasteiger partial charge < -0.3 is 4.90 Å². The second-order valence-electron chi connectivity index (χ2n) is 7.25. The fourth-order valence-corrected chi connectivity index (χ4v) is 4.19. The molecule has 5 aromatic rings. The normalized spacial score (nSPS) is 13.3. The highest BCUT2D eigenvalue weighted by atomic mass is 35.5. The van der Waals surface area contributed by atoms with Gasteiger partial charge in [0, 0.05) is 29.4 Å². The lowest BCUT2D eigenvalue weighted by molar-refractivity contribution is 0.627. The Balaban J connectivity index is 1.51. The number of aromatic nitrogens is 5. The minimum Gasteiger partial charge on any atom is -0.325 e. The summed E-state index contributed by atoms with van der Waals surface area (Å²) in [4.78, 5) is 15.5. The van der Waals surface area contributed by atoms with Gasteiger partial charge in [-0.05, 0) is 47.9 Å². The third kappa shape index (κ3) is 2.63. The van der Waals surface area contributed by atoms with Crippen LogP contribution in [0.5, 0.6) is 0 Å². The van der Waals surface area contributed by atoms with Crippen LogP contribution >= 0.6 is 11.6 Å². The summed E-state index contributed by atoms with van der Waals surface area (Å²) in [5, 5.41) is 8.01. The Morgan fingerprint density at radius 2 is 1.90 bits per heavy atom. The van der Waals surface area contributed by atoms with Gasteiger partial charge in [0.15, 0.2) is 0 Å². The molecular formula is C22H14ClFN6. The Bertz CT molecular complexity index is 1450. The van der Waals surface area contributed by atoms with Gasteiger partial charge in [0.2, 0.25) is 0 Å². The molecule has 0 unspecified atom stereocenters. The number of halogens is 2. The Morgan fingerprint density at radius 1 is 0.967 bits per heavy atom. The number of hydrogen-bond donors (Lipinski definition) is 1. The van der Waals surface area contributed by atoms with Crippen molar-refractivity contribution in [1.82, 2.24) is 25.1 Å². The molecule has 0 fully saturated rings. The van der Waals surface area contributed by atoms with Crippen LogP contribution in [0.1, 0.15) is 5.56 Å². The predicted molar refractivity (Wildman–Crippen MR) is 115 cm³/mol. The van der Waals surface area contributed by atoms with Crippen LogP contribution in [-0.2, 0) is 6.42 Å². The molecule has 1 aliphatic rings. The number of benzene rings is 2. The van der Waals surface area contributed by atoms with Crippen LogP contribution in [0, 0.1) is 5.82 Å². The van der Waals surface area contributed by atoms with Crippen molar-refractivity contribution >= 4 is 45.0 Å². The van der Waals surface area contributed by atoms with Crippen LogP contribution < -0.4 is 4.90 Å². The average molecular weight is 417 g/mol. The molecule has 1 aliphatic heterocycles. The third-order valence-electron chi connectivity index (χ3n) is 5.51. The van der Waals surface area contributed by atoms with Crippen molar-refractivity contribution in [2.45, 2.75) is 6.42 Å². The zero-order chi connectivity index (χ0) is 20.2. The molecule has 3 aromatic heterocycles. The standard InChI is InChI=1S/C22H14ClFN6/c23-16-8-21-13(6-17(16)24)3-4-30(21)22-15-5-12(1-2-18(15)26-11-27-22)14-7-19-20(25-9-14)10-28-29-19/h1-2,5-11H,3-4H2,(H,28,29). The molecule has 0 aliphatic carbocycles. The summed E-state index contributed by atoms with van der Waals surface area (Å²) in [6, 6.07) is 11.3. The summed E-state index contributed by atoms with van der Waals surface area (Å²) in [6.45, 7) is 0.702. The summed E-state index contributed by atoms with van der Waals surface area (Å²) in [7, 11) is 0. The van der Waals surface area contributed by atoms with Crippen molar-refractivity contribution < 1.29 is 4.39 Å². The highest BCUT2D eigenvalue weighted by molar-refractivity contribution is 6.31. The Morgan fingerprint density at radius 3 is 2.83 bits per heavy atom. The van der Waals surface area contributed by atoms with E-state index in [0.717, 1.165) is 56.6 Å². The van der Waals surface area contributed by atoms with Crippen LogP contribution in [0.2, 0.25) is 5.02 Å². The summed E-state index contributed by atoms with van der Waals surface area (Å²) in [6.07, 6.45) is 5.81. The molecule has 0 spiro atoms. The van der Waals surface area contributed by atoms with E-state index in [-0.39, 0.29) is 5.02 Å². The molecule has 4 heterocycles. The number of nitrogens with one attached hydrogen (secondary N) is 1. The van der Waals surface area contributed by atoms with Crippen molar-refractivity contribution in [2.24, 2.45) is 0 Å². The molecule has 146 valence electrons. The molecule has 0 saturated heterocycles. The number of anilines is 2. The lowest BCUT2D eigenvalue weighted by Crippen LogP contribution is -2.15. The van der Waals surface area contributed by atoms with Gasteiger partial charge in [0.25, 0.3) is 0 Å². The molecule has 0 bridgehead atoms. The van der Waals surface area contributed by atoms with E-state index in [9.17, 15) is 4.39 Å². The second kappa shape index (κ2) is 6.47. The largest absolute Gasteiger partial charge is 0.325 e. The van der Waals surface area contributed by atoms with E-state index in [0.29, 0.717) is 6.54 Å². The van der Waals surface area contributed by atoms with Crippen molar-refractivity contribution in [3.8, 4) is 11.1 Å². The Hall–Kier alpha value is -3.58. The van der Waals surface area contributed by atoms with Crippen LogP contribution in [-0.4, -0.2) is 31.7 Å². The van der Waals surface area contributed by atoms with E-state index in [1.54, 1.807) is 18.6 Å². The van der Waals surface area contributed by atoms with Crippen LogP contribution in [0.4, 0.5) is 15.9 Å².